The minimum absolute atomic E-state index is 0.0285. The number of aryl methyl sites for hydroxylation is 1. The van der Waals surface area contributed by atoms with Gasteiger partial charge in [-0.1, -0.05) is 32.0 Å². The zero-order chi connectivity index (χ0) is 17.7. The maximum atomic E-state index is 12.1. The Kier molecular flexibility index (Phi) is 5.58. The molecule has 0 aliphatic heterocycles. The van der Waals surface area contributed by atoms with E-state index in [1.54, 1.807) is 30.3 Å². The standard InChI is InChI=1S/C19H22N2O3/c1-12(2)18(23)21-15-7-5-14(6-8-15)11-20-19(24)16-9-4-13(3)10-17(16)22/h4-10,12,22H,11H2,1-3H3,(H,20,24)(H,21,23). The number of anilines is 1. The Bertz CT molecular complexity index is 737. The van der Waals surface area contributed by atoms with Gasteiger partial charge in [0, 0.05) is 18.2 Å². The van der Waals surface area contributed by atoms with Crippen molar-refractivity contribution in [2.45, 2.75) is 27.3 Å². The van der Waals surface area contributed by atoms with Crippen LogP contribution in [0, 0.1) is 12.8 Å². The van der Waals surface area contributed by atoms with Crippen molar-refractivity contribution in [1.82, 2.24) is 5.32 Å². The van der Waals surface area contributed by atoms with Gasteiger partial charge >= 0.3 is 0 Å². The highest BCUT2D eigenvalue weighted by Crippen LogP contribution is 2.18. The van der Waals surface area contributed by atoms with Crippen LogP contribution in [0.15, 0.2) is 42.5 Å². The number of carbonyl (C=O) groups excluding carboxylic acids is 2. The van der Waals surface area contributed by atoms with Gasteiger partial charge in [-0.2, -0.15) is 0 Å². The summed E-state index contributed by atoms with van der Waals surface area (Å²) in [5.41, 5.74) is 2.77. The zero-order valence-electron chi connectivity index (χ0n) is 14.1. The van der Waals surface area contributed by atoms with Crippen LogP contribution in [-0.2, 0) is 11.3 Å². The second-order valence-electron chi connectivity index (χ2n) is 6.04. The van der Waals surface area contributed by atoms with Crippen molar-refractivity contribution in [3.05, 3.63) is 59.2 Å². The largest absolute Gasteiger partial charge is 0.507 e. The summed E-state index contributed by atoms with van der Waals surface area (Å²) in [6.07, 6.45) is 0. The van der Waals surface area contributed by atoms with Gasteiger partial charge in [-0.25, -0.2) is 0 Å². The maximum Gasteiger partial charge on any atom is 0.255 e. The summed E-state index contributed by atoms with van der Waals surface area (Å²) >= 11 is 0. The van der Waals surface area contributed by atoms with Gasteiger partial charge in [-0.15, -0.1) is 0 Å². The number of rotatable bonds is 5. The lowest BCUT2D eigenvalue weighted by molar-refractivity contribution is -0.118. The van der Waals surface area contributed by atoms with Crippen molar-refractivity contribution in [2.24, 2.45) is 5.92 Å². The fourth-order valence-electron chi connectivity index (χ4n) is 2.10. The number of hydrogen-bond donors (Lipinski definition) is 3. The Morgan fingerprint density at radius 3 is 2.33 bits per heavy atom. The Balaban J connectivity index is 1.94. The summed E-state index contributed by atoms with van der Waals surface area (Å²) in [5, 5.41) is 15.4. The number of hydrogen-bond acceptors (Lipinski definition) is 3. The van der Waals surface area contributed by atoms with Gasteiger partial charge in [0.1, 0.15) is 5.75 Å². The highest BCUT2D eigenvalue weighted by atomic mass is 16.3. The van der Waals surface area contributed by atoms with E-state index in [4.69, 9.17) is 0 Å². The van der Waals surface area contributed by atoms with Crippen LogP contribution in [0.4, 0.5) is 5.69 Å². The highest BCUT2D eigenvalue weighted by molar-refractivity contribution is 5.96. The molecule has 0 aliphatic rings. The van der Waals surface area contributed by atoms with Crippen molar-refractivity contribution in [1.29, 1.82) is 0 Å². The minimum atomic E-state index is -0.329. The average Bonchev–Trinajstić information content (AvgIpc) is 2.53. The van der Waals surface area contributed by atoms with Gasteiger partial charge in [0.05, 0.1) is 5.56 Å². The van der Waals surface area contributed by atoms with Crippen molar-refractivity contribution in [3.8, 4) is 5.75 Å². The van der Waals surface area contributed by atoms with Crippen molar-refractivity contribution >= 4 is 17.5 Å². The second kappa shape index (κ2) is 7.64. The molecule has 5 heteroatoms. The van der Waals surface area contributed by atoms with E-state index in [2.05, 4.69) is 10.6 Å². The van der Waals surface area contributed by atoms with Crippen molar-refractivity contribution < 1.29 is 14.7 Å². The molecular weight excluding hydrogens is 304 g/mol. The van der Waals surface area contributed by atoms with Gasteiger partial charge in [-0.05, 0) is 42.3 Å². The monoisotopic (exact) mass is 326 g/mol. The van der Waals surface area contributed by atoms with Crippen LogP contribution in [0.2, 0.25) is 0 Å². The van der Waals surface area contributed by atoms with Crippen LogP contribution in [0.25, 0.3) is 0 Å². The quantitative estimate of drug-likeness (QED) is 0.789. The van der Waals surface area contributed by atoms with E-state index in [1.165, 1.54) is 0 Å². The van der Waals surface area contributed by atoms with E-state index in [1.807, 2.05) is 32.9 Å². The van der Waals surface area contributed by atoms with Crippen LogP contribution in [-0.4, -0.2) is 16.9 Å². The van der Waals surface area contributed by atoms with E-state index in [9.17, 15) is 14.7 Å². The molecule has 0 fully saturated rings. The molecule has 0 atom stereocenters. The molecule has 0 heterocycles. The molecule has 0 saturated carbocycles. The molecule has 0 radical (unpaired) electrons. The molecule has 2 amide bonds. The van der Waals surface area contributed by atoms with Crippen LogP contribution >= 0.6 is 0 Å². The fourth-order valence-corrected chi connectivity index (χ4v) is 2.10. The average molecular weight is 326 g/mol. The molecule has 5 nitrogen and oxygen atoms in total. The minimum Gasteiger partial charge on any atom is -0.507 e. The number of phenols is 1. The third-order valence-electron chi connectivity index (χ3n) is 3.60. The predicted octanol–water partition coefficient (Wildman–Crippen LogP) is 3.23. The lowest BCUT2D eigenvalue weighted by atomic mass is 10.1. The lowest BCUT2D eigenvalue weighted by Crippen LogP contribution is -2.23. The van der Waals surface area contributed by atoms with Gasteiger partial charge in [0.2, 0.25) is 5.91 Å². The molecule has 0 unspecified atom stereocenters. The zero-order valence-corrected chi connectivity index (χ0v) is 14.1. The Morgan fingerprint density at radius 2 is 1.75 bits per heavy atom. The predicted molar refractivity (Wildman–Crippen MR) is 93.9 cm³/mol. The number of nitrogens with one attached hydrogen (secondary N) is 2. The smallest absolute Gasteiger partial charge is 0.255 e. The normalized spacial score (nSPS) is 10.5. The molecule has 0 spiro atoms. The third-order valence-corrected chi connectivity index (χ3v) is 3.60. The summed E-state index contributed by atoms with van der Waals surface area (Å²) in [7, 11) is 0. The topological polar surface area (TPSA) is 78.4 Å². The van der Waals surface area contributed by atoms with Crippen LogP contribution in [0.3, 0.4) is 0 Å². The molecule has 126 valence electrons. The first-order valence-corrected chi connectivity index (χ1v) is 7.84. The van der Waals surface area contributed by atoms with Crippen LogP contribution in [0.5, 0.6) is 5.75 Å². The van der Waals surface area contributed by atoms with E-state index in [0.717, 1.165) is 16.8 Å². The van der Waals surface area contributed by atoms with E-state index in [0.29, 0.717) is 6.54 Å². The molecule has 24 heavy (non-hydrogen) atoms. The molecular formula is C19H22N2O3. The third kappa shape index (κ3) is 4.59. The Hall–Kier alpha value is -2.82. The Morgan fingerprint density at radius 1 is 1.08 bits per heavy atom. The van der Waals surface area contributed by atoms with Gasteiger partial charge in [-0.3, -0.25) is 9.59 Å². The van der Waals surface area contributed by atoms with Crippen molar-refractivity contribution in [2.75, 3.05) is 5.32 Å². The number of aromatic hydroxyl groups is 1. The summed E-state index contributed by atoms with van der Waals surface area (Å²) in [4.78, 5) is 23.7. The molecule has 0 saturated heterocycles. The first-order chi connectivity index (χ1) is 11.4. The summed E-state index contributed by atoms with van der Waals surface area (Å²) in [6, 6.07) is 12.2. The second-order valence-corrected chi connectivity index (χ2v) is 6.04. The number of phenolic OH excluding ortho intramolecular Hbond substituents is 1. The van der Waals surface area contributed by atoms with E-state index < -0.39 is 0 Å². The summed E-state index contributed by atoms with van der Waals surface area (Å²) in [5.74, 6) is -0.471. The molecule has 2 aromatic carbocycles. The first-order valence-electron chi connectivity index (χ1n) is 7.84. The lowest BCUT2D eigenvalue weighted by Gasteiger charge is -2.10. The van der Waals surface area contributed by atoms with Gasteiger partial charge < -0.3 is 15.7 Å². The SMILES string of the molecule is Cc1ccc(C(=O)NCc2ccc(NC(=O)C(C)C)cc2)c(O)c1. The summed E-state index contributed by atoms with van der Waals surface area (Å²) < 4.78 is 0. The molecule has 3 N–H and O–H groups in total. The first kappa shape index (κ1) is 17.5. The number of benzene rings is 2. The molecule has 0 aromatic heterocycles. The van der Waals surface area contributed by atoms with Gasteiger partial charge in [0.15, 0.2) is 0 Å². The van der Waals surface area contributed by atoms with Crippen LogP contribution < -0.4 is 10.6 Å². The van der Waals surface area contributed by atoms with Crippen LogP contribution in [0.1, 0.15) is 35.3 Å². The van der Waals surface area contributed by atoms with Crippen molar-refractivity contribution in [3.63, 3.8) is 0 Å². The van der Waals surface area contributed by atoms with E-state index >= 15 is 0 Å². The fraction of sp³-hybridized carbons (Fsp3) is 0.263. The number of amides is 2. The molecule has 2 rings (SSSR count). The molecule has 2 aromatic rings. The highest BCUT2D eigenvalue weighted by Gasteiger charge is 2.11. The molecule has 0 bridgehead atoms. The Labute approximate surface area is 141 Å². The molecule has 0 aliphatic carbocycles. The van der Waals surface area contributed by atoms with Gasteiger partial charge in [0.25, 0.3) is 5.91 Å². The summed E-state index contributed by atoms with van der Waals surface area (Å²) in [6.45, 7) is 5.85. The number of carbonyl (C=O) groups is 2. The maximum absolute atomic E-state index is 12.1. The van der Waals surface area contributed by atoms with E-state index in [-0.39, 0.29) is 29.0 Å².